The number of likely N-dealkylation sites (tertiary alicyclic amines) is 1. The zero-order chi connectivity index (χ0) is 22.0. The number of rotatable bonds is 6. The number of methoxy groups -OCH3 is 1. The van der Waals surface area contributed by atoms with Crippen LogP contribution in [0.25, 0.3) is 5.76 Å². The molecule has 7 nitrogen and oxygen atoms in total. The van der Waals surface area contributed by atoms with Gasteiger partial charge in [0.25, 0.3) is 11.7 Å². The predicted octanol–water partition coefficient (Wildman–Crippen LogP) is 3.04. The highest BCUT2D eigenvalue weighted by Crippen LogP contribution is 2.41. The Morgan fingerprint density at radius 2 is 1.83 bits per heavy atom. The maximum Gasteiger partial charge on any atom is 0.295 e. The number of carbonyl (C=O) groups is 2. The van der Waals surface area contributed by atoms with Crippen LogP contribution in [0.2, 0.25) is 5.02 Å². The number of amides is 1. The number of phenolic OH excluding ortho intramolecular Hbond substituents is 1. The molecule has 1 unspecified atom stereocenters. The summed E-state index contributed by atoms with van der Waals surface area (Å²) in [7, 11) is 5.17. The average molecular weight is 431 g/mol. The number of phenols is 1. The predicted molar refractivity (Wildman–Crippen MR) is 114 cm³/mol. The molecule has 1 amide bonds. The van der Waals surface area contributed by atoms with Gasteiger partial charge in [0.2, 0.25) is 0 Å². The van der Waals surface area contributed by atoms with Gasteiger partial charge in [-0.05, 0) is 50.0 Å². The van der Waals surface area contributed by atoms with Crippen LogP contribution in [0.4, 0.5) is 0 Å². The highest BCUT2D eigenvalue weighted by atomic mass is 35.5. The molecule has 1 aliphatic rings. The van der Waals surface area contributed by atoms with E-state index in [4.69, 9.17) is 16.3 Å². The summed E-state index contributed by atoms with van der Waals surface area (Å²) in [4.78, 5) is 29.1. The number of hydrogen-bond donors (Lipinski definition) is 2. The summed E-state index contributed by atoms with van der Waals surface area (Å²) in [6, 6.07) is 10.0. The first-order chi connectivity index (χ1) is 14.2. The Labute approximate surface area is 179 Å². The Bertz CT molecular complexity index is 1000. The van der Waals surface area contributed by atoms with Crippen molar-refractivity contribution in [3.8, 4) is 11.5 Å². The van der Waals surface area contributed by atoms with E-state index in [-0.39, 0.29) is 29.2 Å². The second-order valence-corrected chi connectivity index (χ2v) is 7.67. The largest absolute Gasteiger partial charge is 0.508 e. The quantitative estimate of drug-likeness (QED) is 0.416. The van der Waals surface area contributed by atoms with Gasteiger partial charge < -0.3 is 24.7 Å². The molecule has 1 heterocycles. The second kappa shape index (κ2) is 8.77. The molecule has 1 saturated heterocycles. The number of halogens is 1. The van der Waals surface area contributed by atoms with E-state index in [1.54, 1.807) is 24.3 Å². The first-order valence-electron chi connectivity index (χ1n) is 9.30. The van der Waals surface area contributed by atoms with E-state index in [0.717, 1.165) is 0 Å². The normalized spacial score (nSPS) is 18.3. The summed E-state index contributed by atoms with van der Waals surface area (Å²) in [5, 5.41) is 21.1. The van der Waals surface area contributed by atoms with E-state index in [1.807, 2.05) is 19.0 Å². The van der Waals surface area contributed by atoms with E-state index in [9.17, 15) is 19.8 Å². The van der Waals surface area contributed by atoms with Gasteiger partial charge in [-0.3, -0.25) is 9.59 Å². The number of benzene rings is 2. The summed E-state index contributed by atoms with van der Waals surface area (Å²) in [5.41, 5.74) is 0.762. The minimum Gasteiger partial charge on any atom is -0.508 e. The second-order valence-electron chi connectivity index (χ2n) is 7.23. The molecule has 0 aliphatic carbocycles. The lowest BCUT2D eigenvalue weighted by Crippen LogP contribution is -2.35. The van der Waals surface area contributed by atoms with Crippen molar-refractivity contribution in [1.29, 1.82) is 0 Å². The summed E-state index contributed by atoms with van der Waals surface area (Å²) in [6.07, 6.45) is 0. The standard InChI is InChI=1S/C22H23ClN2O5/c1-24(2)10-11-25-19(13-4-7-15(26)8-5-13)18(21(28)22(25)29)20(27)16-12-14(23)6-9-17(16)30-3/h4-9,12,19,26-27H,10-11H2,1-3H3/b20-18+. The molecule has 0 radical (unpaired) electrons. The number of hydrogen-bond acceptors (Lipinski definition) is 6. The number of Topliss-reactive ketones (excluding diaryl/α,β-unsaturated/α-hetero) is 1. The number of aromatic hydroxyl groups is 1. The number of nitrogens with zero attached hydrogens (tertiary/aromatic N) is 2. The van der Waals surface area contributed by atoms with Crippen LogP contribution in [0.3, 0.4) is 0 Å². The van der Waals surface area contributed by atoms with Gasteiger partial charge in [0, 0.05) is 18.1 Å². The highest BCUT2D eigenvalue weighted by Gasteiger charge is 2.46. The summed E-state index contributed by atoms with van der Waals surface area (Å²) in [5.74, 6) is -1.47. The van der Waals surface area contributed by atoms with Crippen LogP contribution in [0.5, 0.6) is 11.5 Å². The van der Waals surface area contributed by atoms with Gasteiger partial charge in [0.1, 0.15) is 17.3 Å². The van der Waals surface area contributed by atoms with Gasteiger partial charge in [0.15, 0.2) is 0 Å². The minimum absolute atomic E-state index is 0.0509. The third kappa shape index (κ3) is 4.13. The SMILES string of the molecule is COc1ccc(Cl)cc1/C(O)=C1\C(=O)C(=O)N(CCN(C)C)C1c1ccc(O)cc1. The first-order valence-corrected chi connectivity index (χ1v) is 9.68. The van der Waals surface area contributed by atoms with Crippen LogP contribution in [0, 0.1) is 0 Å². The molecule has 3 rings (SSSR count). The molecule has 0 aromatic heterocycles. The lowest BCUT2D eigenvalue weighted by molar-refractivity contribution is -0.140. The molecule has 158 valence electrons. The number of ether oxygens (including phenoxy) is 1. The van der Waals surface area contributed by atoms with E-state index in [2.05, 4.69) is 0 Å². The molecule has 30 heavy (non-hydrogen) atoms. The van der Waals surface area contributed by atoms with Gasteiger partial charge in [-0.1, -0.05) is 23.7 Å². The molecule has 2 aromatic rings. The van der Waals surface area contributed by atoms with Crippen LogP contribution < -0.4 is 4.74 Å². The van der Waals surface area contributed by atoms with Crippen molar-refractivity contribution in [2.75, 3.05) is 34.3 Å². The molecular weight excluding hydrogens is 408 g/mol. The average Bonchev–Trinajstić information content (AvgIpc) is 2.97. The topological polar surface area (TPSA) is 90.3 Å². The van der Waals surface area contributed by atoms with Gasteiger partial charge in [-0.15, -0.1) is 0 Å². The highest BCUT2D eigenvalue weighted by molar-refractivity contribution is 6.46. The Morgan fingerprint density at radius 1 is 1.17 bits per heavy atom. The molecule has 0 saturated carbocycles. The number of aliphatic hydroxyl groups is 1. The molecule has 2 N–H and O–H groups in total. The van der Waals surface area contributed by atoms with Crippen LogP contribution in [0.1, 0.15) is 17.2 Å². The fourth-order valence-electron chi connectivity index (χ4n) is 3.43. The first kappa shape index (κ1) is 21.7. The van der Waals surface area contributed by atoms with Crippen molar-refractivity contribution in [3.63, 3.8) is 0 Å². The van der Waals surface area contributed by atoms with Gasteiger partial charge in [-0.2, -0.15) is 0 Å². The van der Waals surface area contributed by atoms with Gasteiger partial charge in [-0.25, -0.2) is 0 Å². The summed E-state index contributed by atoms with van der Waals surface area (Å²) < 4.78 is 5.30. The fraction of sp³-hybridized carbons (Fsp3) is 0.273. The summed E-state index contributed by atoms with van der Waals surface area (Å²) in [6.45, 7) is 0.814. The van der Waals surface area contributed by atoms with Crippen molar-refractivity contribution in [2.24, 2.45) is 0 Å². The number of likely N-dealkylation sites (N-methyl/N-ethyl adjacent to an activating group) is 1. The maximum atomic E-state index is 13.0. The van der Waals surface area contributed by atoms with E-state index < -0.39 is 17.7 Å². The zero-order valence-corrected chi connectivity index (χ0v) is 17.7. The van der Waals surface area contributed by atoms with Crippen LogP contribution in [-0.4, -0.2) is 66.0 Å². The van der Waals surface area contributed by atoms with Crippen LogP contribution in [0.15, 0.2) is 48.0 Å². The van der Waals surface area contributed by atoms with Gasteiger partial charge in [0.05, 0.1) is 24.3 Å². The van der Waals surface area contributed by atoms with Crippen molar-refractivity contribution in [1.82, 2.24) is 9.80 Å². The number of ketones is 1. The van der Waals surface area contributed by atoms with E-state index in [0.29, 0.717) is 22.9 Å². The third-order valence-corrected chi connectivity index (χ3v) is 5.19. The molecular formula is C22H23ClN2O5. The van der Waals surface area contributed by atoms with E-state index >= 15 is 0 Å². The molecule has 1 atom stereocenters. The maximum absolute atomic E-state index is 13.0. The Hall–Kier alpha value is -3.03. The summed E-state index contributed by atoms with van der Waals surface area (Å²) >= 11 is 6.09. The smallest absolute Gasteiger partial charge is 0.295 e. The molecule has 1 fully saturated rings. The molecule has 2 aromatic carbocycles. The number of aliphatic hydroxyl groups excluding tert-OH is 1. The van der Waals surface area contributed by atoms with Crippen molar-refractivity contribution < 1.29 is 24.5 Å². The Kier molecular flexibility index (Phi) is 6.34. The lowest BCUT2D eigenvalue weighted by atomic mass is 9.95. The van der Waals surface area contributed by atoms with Crippen LogP contribution in [-0.2, 0) is 9.59 Å². The number of carbonyl (C=O) groups excluding carboxylic acids is 2. The van der Waals surface area contributed by atoms with E-state index in [1.165, 1.54) is 30.2 Å². The molecule has 0 spiro atoms. The zero-order valence-electron chi connectivity index (χ0n) is 16.9. The Balaban J connectivity index is 2.20. The van der Waals surface area contributed by atoms with Gasteiger partial charge >= 0.3 is 0 Å². The lowest BCUT2D eigenvalue weighted by Gasteiger charge is -2.26. The van der Waals surface area contributed by atoms with Crippen LogP contribution >= 0.6 is 11.6 Å². The fourth-order valence-corrected chi connectivity index (χ4v) is 3.60. The van der Waals surface area contributed by atoms with Crippen molar-refractivity contribution in [2.45, 2.75) is 6.04 Å². The molecule has 8 heteroatoms. The molecule has 1 aliphatic heterocycles. The monoisotopic (exact) mass is 430 g/mol. The Morgan fingerprint density at radius 3 is 2.43 bits per heavy atom. The van der Waals surface area contributed by atoms with Crippen molar-refractivity contribution >= 4 is 29.1 Å². The molecule has 0 bridgehead atoms. The third-order valence-electron chi connectivity index (χ3n) is 4.95. The van der Waals surface area contributed by atoms with Crippen molar-refractivity contribution in [3.05, 3.63) is 64.2 Å². The minimum atomic E-state index is -0.811.